The van der Waals surface area contributed by atoms with Gasteiger partial charge in [0.05, 0.1) is 16.5 Å². The summed E-state index contributed by atoms with van der Waals surface area (Å²) >= 11 is 13.4. The van der Waals surface area contributed by atoms with E-state index < -0.39 is 0 Å². The van der Waals surface area contributed by atoms with Crippen molar-refractivity contribution in [3.8, 4) is 0 Å². The van der Waals surface area contributed by atoms with E-state index in [-0.39, 0.29) is 5.91 Å². The SMILES string of the molecule is O=C(CSc1cccc2ccccc12)Nc1ccc(Cl)cc1Cl. The third kappa shape index (κ3) is 3.99. The Morgan fingerprint density at radius 3 is 2.61 bits per heavy atom. The zero-order valence-electron chi connectivity index (χ0n) is 12.1. The minimum absolute atomic E-state index is 0.104. The van der Waals surface area contributed by atoms with Gasteiger partial charge in [0.25, 0.3) is 0 Å². The lowest BCUT2D eigenvalue weighted by atomic mass is 10.1. The van der Waals surface area contributed by atoms with E-state index in [1.54, 1.807) is 18.2 Å². The summed E-state index contributed by atoms with van der Waals surface area (Å²) in [6.07, 6.45) is 0. The van der Waals surface area contributed by atoms with Crippen molar-refractivity contribution in [2.75, 3.05) is 11.1 Å². The zero-order valence-corrected chi connectivity index (χ0v) is 14.4. The van der Waals surface area contributed by atoms with Crippen LogP contribution in [0.4, 0.5) is 5.69 Å². The van der Waals surface area contributed by atoms with Gasteiger partial charge in [0.2, 0.25) is 5.91 Å². The van der Waals surface area contributed by atoms with Crippen LogP contribution in [0.3, 0.4) is 0 Å². The number of amides is 1. The van der Waals surface area contributed by atoms with Crippen molar-refractivity contribution in [1.82, 2.24) is 0 Å². The molecule has 0 bridgehead atoms. The number of halogens is 2. The number of hydrogen-bond acceptors (Lipinski definition) is 2. The summed E-state index contributed by atoms with van der Waals surface area (Å²) in [5.41, 5.74) is 0.569. The van der Waals surface area contributed by atoms with Crippen LogP contribution < -0.4 is 5.32 Å². The van der Waals surface area contributed by atoms with Gasteiger partial charge in [0.1, 0.15) is 0 Å². The van der Waals surface area contributed by atoms with E-state index in [2.05, 4.69) is 23.5 Å². The quantitative estimate of drug-likeness (QED) is 0.588. The topological polar surface area (TPSA) is 29.1 Å². The molecule has 3 rings (SSSR count). The standard InChI is InChI=1S/C18H13Cl2NOS/c19-13-8-9-16(15(20)10-13)21-18(22)11-23-17-7-3-5-12-4-1-2-6-14(12)17/h1-10H,11H2,(H,21,22). The van der Waals surface area contributed by atoms with Crippen molar-refractivity contribution >= 4 is 57.3 Å². The largest absolute Gasteiger partial charge is 0.324 e. The van der Waals surface area contributed by atoms with Crippen molar-refractivity contribution in [2.45, 2.75) is 4.90 Å². The minimum atomic E-state index is -0.104. The number of carbonyl (C=O) groups excluding carboxylic acids is 1. The van der Waals surface area contributed by atoms with Gasteiger partial charge >= 0.3 is 0 Å². The van der Waals surface area contributed by atoms with E-state index in [1.165, 1.54) is 17.1 Å². The molecule has 3 aromatic rings. The molecular formula is C18H13Cl2NOS. The lowest BCUT2D eigenvalue weighted by Crippen LogP contribution is -2.14. The molecule has 1 N–H and O–H groups in total. The summed E-state index contributed by atoms with van der Waals surface area (Å²) in [7, 11) is 0. The van der Waals surface area contributed by atoms with Crippen LogP contribution in [0.25, 0.3) is 10.8 Å². The highest BCUT2D eigenvalue weighted by molar-refractivity contribution is 8.00. The molecule has 23 heavy (non-hydrogen) atoms. The highest BCUT2D eigenvalue weighted by Crippen LogP contribution is 2.29. The number of carbonyl (C=O) groups is 1. The van der Waals surface area contributed by atoms with Crippen molar-refractivity contribution in [1.29, 1.82) is 0 Å². The van der Waals surface area contributed by atoms with Crippen LogP contribution in [0.15, 0.2) is 65.6 Å². The van der Waals surface area contributed by atoms with E-state index in [0.717, 1.165) is 10.3 Å². The van der Waals surface area contributed by atoms with Crippen LogP contribution in [0.1, 0.15) is 0 Å². The normalized spacial score (nSPS) is 10.7. The monoisotopic (exact) mass is 361 g/mol. The van der Waals surface area contributed by atoms with Crippen LogP contribution in [-0.4, -0.2) is 11.7 Å². The average Bonchev–Trinajstić information content (AvgIpc) is 2.55. The highest BCUT2D eigenvalue weighted by atomic mass is 35.5. The van der Waals surface area contributed by atoms with Gasteiger partial charge in [0.15, 0.2) is 0 Å². The zero-order chi connectivity index (χ0) is 16.2. The van der Waals surface area contributed by atoms with Crippen LogP contribution in [0.2, 0.25) is 10.0 Å². The molecule has 116 valence electrons. The molecule has 0 atom stereocenters. The molecule has 0 saturated carbocycles. The molecule has 0 unspecified atom stereocenters. The Hall–Kier alpha value is -1.68. The number of benzene rings is 3. The molecule has 2 nitrogen and oxygen atoms in total. The molecule has 3 aromatic carbocycles. The van der Waals surface area contributed by atoms with Crippen LogP contribution >= 0.6 is 35.0 Å². The van der Waals surface area contributed by atoms with Crippen molar-refractivity contribution in [2.24, 2.45) is 0 Å². The minimum Gasteiger partial charge on any atom is -0.324 e. The van der Waals surface area contributed by atoms with Gasteiger partial charge in [-0.1, -0.05) is 59.6 Å². The highest BCUT2D eigenvalue weighted by Gasteiger charge is 2.08. The Morgan fingerprint density at radius 2 is 1.78 bits per heavy atom. The van der Waals surface area contributed by atoms with Crippen molar-refractivity contribution < 1.29 is 4.79 Å². The Bertz CT molecular complexity index is 861. The van der Waals surface area contributed by atoms with E-state index >= 15 is 0 Å². The maximum atomic E-state index is 12.1. The second-order valence-corrected chi connectivity index (χ2v) is 6.80. The van der Waals surface area contributed by atoms with Gasteiger partial charge in [-0.25, -0.2) is 0 Å². The summed E-state index contributed by atoms with van der Waals surface area (Å²) in [5, 5.41) is 6.09. The van der Waals surface area contributed by atoms with E-state index in [0.29, 0.717) is 21.5 Å². The molecule has 0 aliphatic heterocycles. The van der Waals surface area contributed by atoms with Gasteiger partial charge < -0.3 is 5.32 Å². The van der Waals surface area contributed by atoms with Gasteiger partial charge in [-0.05, 0) is 35.0 Å². The summed E-state index contributed by atoms with van der Waals surface area (Å²) in [4.78, 5) is 13.2. The third-order valence-corrected chi connectivity index (χ3v) is 4.93. The van der Waals surface area contributed by atoms with E-state index in [1.807, 2.05) is 24.3 Å². The van der Waals surface area contributed by atoms with Crippen LogP contribution in [0.5, 0.6) is 0 Å². The first-order chi connectivity index (χ1) is 11.1. The second kappa shape index (κ2) is 7.26. The van der Waals surface area contributed by atoms with E-state index in [9.17, 15) is 4.79 Å². The smallest absolute Gasteiger partial charge is 0.234 e. The Labute approximate surface area is 148 Å². The lowest BCUT2D eigenvalue weighted by Gasteiger charge is -2.09. The number of hydrogen-bond donors (Lipinski definition) is 1. The molecule has 0 radical (unpaired) electrons. The van der Waals surface area contributed by atoms with Crippen molar-refractivity contribution in [3.63, 3.8) is 0 Å². The average molecular weight is 362 g/mol. The van der Waals surface area contributed by atoms with Crippen molar-refractivity contribution in [3.05, 3.63) is 70.7 Å². The molecule has 0 heterocycles. The molecule has 0 aliphatic rings. The molecular weight excluding hydrogens is 349 g/mol. The second-order valence-electron chi connectivity index (χ2n) is 4.94. The molecule has 0 saturated heterocycles. The first-order valence-corrected chi connectivity index (χ1v) is 8.73. The molecule has 1 amide bonds. The maximum Gasteiger partial charge on any atom is 0.234 e. The fourth-order valence-corrected chi connectivity index (χ4v) is 3.57. The number of anilines is 1. The van der Waals surface area contributed by atoms with E-state index in [4.69, 9.17) is 23.2 Å². The number of rotatable bonds is 4. The summed E-state index contributed by atoms with van der Waals surface area (Å²) in [5.74, 6) is 0.208. The predicted octanol–water partition coefficient (Wildman–Crippen LogP) is 5.88. The molecule has 5 heteroatoms. The number of fused-ring (bicyclic) bond motifs is 1. The van der Waals surface area contributed by atoms with Gasteiger partial charge in [-0.3, -0.25) is 4.79 Å². The predicted molar refractivity (Wildman–Crippen MR) is 99.8 cm³/mol. The molecule has 0 aromatic heterocycles. The Balaban J connectivity index is 1.69. The lowest BCUT2D eigenvalue weighted by molar-refractivity contribution is -0.113. The fraction of sp³-hybridized carbons (Fsp3) is 0.0556. The van der Waals surface area contributed by atoms with Gasteiger partial charge in [-0.2, -0.15) is 0 Å². The summed E-state index contributed by atoms with van der Waals surface area (Å²) in [6.45, 7) is 0. The number of thioether (sulfide) groups is 1. The molecule has 0 spiro atoms. The maximum absolute atomic E-state index is 12.1. The van der Waals surface area contributed by atoms with Crippen LogP contribution in [0, 0.1) is 0 Å². The van der Waals surface area contributed by atoms with Gasteiger partial charge in [0, 0.05) is 9.92 Å². The summed E-state index contributed by atoms with van der Waals surface area (Å²) < 4.78 is 0. The Morgan fingerprint density at radius 1 is 1.00 bits per heavy atom. The van der Waals surface area contributed by atoms with Crippen LogP contribution in [-0.2, 0) is 4.79 Å². The molecule has 0 aliphatic carbocycles. The molecule has 0 fully saturated rings. The summed E-state index contributed by atoms with van der Waals surface area (Å²) in [6, 6.07) is 19.2. The fourth-order valence-electron chi connectivity index (χ4n) is 2.24. The Kier molecular flexibility index (Phi) is 5.11. The van der Waals surface area contributed by atoms with Gasteiger partial charge in [-0.15, -0.1) is 11.8 Å². The first-order valence-electron chi connectivity index (χ1n) is 6.99. The third-order valence-electron chi connectivity index (χ3n) is 3.31. The number of nitrogens with one attached hydrogen (secondary N) is 1. The first kappa shape index (κ1) is 16.2.